The van der Waals surface area contributed by atoms with E-state index in [1.54, 1.807) is 4.68 Å². The zero-order valence-corrected chi connectivity index (χ0v) is 12.0. The van der Waals surface area contributed by atoms with Crippen LogP contribution in [0.25, 0.3) is 0 Å². The smallest absolute Gasteiger partial charge is 0.358 e. The molecule has 0 amide bonds. The molecular formula is C13H24N4O2. The fraction of sp³-hybridized carbons (Fsp3) is 0.769. The molecule has 0 atom stereocenters. The molecule has 0 aliphatic heterocycles. The Kier molecular flexibility index (Phi) is 6.49. The molecule has 0 saturated carbocycles. The Hall–Kier alpha value is -1.43. The first kappa shape index (κ1) is 15.6. The summed E-state index contributed by atoms with van der Waals surface area (Å²) in [6, 6.07) is 0. The van der Waals surface area contributed by atoms with Crippen LogP contribution < -0.4 is 0 Å². The van der Waals surface area contributed by atoms with Crippen molar-refractivity contribution in [1.82, 2.24) is 19.9 Å². The van der Waals surface area contributed by atoms with Crippen LogP contribution in [-0.2, 0) is 6.54 Å². The van der Waals surface area contributed by atoms with Crippen molar-refractivity contribution in [1.29, 1.82) is 0 Å². The number of carboxylic acid groups (broad SMARTS) is 1. The van der Waals surface area contributed by atoms with Crippen molar-refractivity contribution in [2.75, 3.05) is 19.6 Å². The lowest BCUT2D eigenvalue weighted by atomic mass is 10.0. The maximum atomic E-state index is 10.7. The molecule has 1 heterocycles. The van der Waals surface area contributed by atoms with Crippen LogP contribution in [0.15, 0.2) is 6.20 Å². The normalized spacial score (nSPS) is 11.4. The summed E-state index contributed by atoms with van der Waals surface area (Å²) in [5, 5.41) is 16.2. The Balaban J connectivity index is 2.45. The highest BCUT2D eigenvalue weighted by molar-refractivity contribution is 5.84. The average Bonchev–Trinajstić information content (AvgIpc) is 2.88. The zero-order chi connectivity index (χ0) is 14.3. The Morgan fingerprint density at radius 2 is 2.11 bits per heavy atom. The second-order valence-corrected chi connectivity index (χ2v) is 4.75. The van der Waals surface area contributed by atoms with Crippen molar-refractivity contribution in [2.45, 2.75) is 40.2 Å². The molecule has 0 unspecified atom stereocenters. The van der Waals surface area contributed by atoms with Crippen LogP contribution in [0.4, 0.5) is 0 Å². The molecule has 0 spiro atoms. The number of hydrogen-bond donors (Lipinski definition) is 1. The highest BCUT2D eigenvalue weighted by atomic mass is 16.4. The van der Waals surface area contributed by atoms with Gasteiger partial charge in [-0.3, -0.25) is 4.68 Å². The molecule has 0 aliphatic rings. The lowest BCUT2D eigenvalue weighted by Gasteiger charge is -2.24. The first-order chi connectivity index (χ1) is 9.10. The molecular weight excluding hydrogens is 244 g/mol. The van der Waals surface area contributed by atoms with Crippen LogP contribution in [0.5, 0.6) is 0 Å². The average molecular weight is 268 g/mol. The Morgan fingerprint density at radius 1 is 1.42 bits per heavy atom. The minimum atomic E-state index is -1.03. The molecule has 0 aliphatic carbocycles. The van der Waals surface area contributed by atoms with Gasteiger partial charge in [-0.05, 0) is 12.5 Å². The molecule has 0 aromatic carbocycles. The van der Waals surface area contributed by atoms with Crippen LogP contribution in [0.3, 0.4) is 0 Å². The first-order valence-electron chi connectivity index (χ1n) is 6.96. The molecule has 1 rings (SSSR count). The van der Waals surface area contributed by atoms with E-state index in [0.717, 1.165) is 25.6 Å². The lowest BCUT2D eigenvalue weighted by molar-refractivity contribution is 0.0690. The number of rotatable bonds is 9. The maximum Gasteiger partial charge on any atom is 0.358 e. The van der Waals surface area contributed by atoms with Crippen molar-refractivity contribution >= 4 is 5.97 Å². The van der Waals surface area contributed by atoms with Gasteiger partial charge < -0.3 is 10.0 Å². The van der Waals surface area contributed by atoms with Gasteiger partial charge in [0, 0.05) is 13.1 Å². The Morgan fingerprint density at radius 3 is 2.58 bits per heavy atom. The summed E-state index contributed by atoms with van der Waals surface area (Å²) >= 11 is 0. The van der Waals surface area contributed by atoms with E-state index >= 15 is 0 Å². The predicted octanol–water partition coefficient (Wildman–Crippen LogP) is 1.73. The summed E-state index contributed by atoms with van der Waals surface area (Å²) in [5.74, 6) is -0.305. The quantitative estimate of drug-likeness (QED) is 0.738. The van der Waals surface area contributed by atoms with Gasteiger partial charge in [0.2, 0.25) is 0 Å². The van der Waals surface area contributed by atoms with Crippen molar-refractivity contribution in [3.05, 3.63) is 11.9 Å². The molecule has 1 N–H and O–H groups in total. The summed E-state index contributed by atoms with van der Waals surface area (Å²) in [6.45, 7) is 10.2. The number of carboxylic acids is 1. The van der Waals surface area contributed by atoms with Gasteiger partial charge in [0.25, 0.3) is 0 Å². The maximum absolute atomic E-state index is 10.7. The molecule has 0 saturated heterocycles. The van der Waals surface area contributed by atoms with Crippen molar-refractivity contribution in [3.63, 3.8) is 0 Å². The van der Waals surface area contributed by atoms with Crippen molar-refractivity contribution < 1.29 is 9.90 Å². The summed E-state index contributed by atoms with van der Waals surface area (Å²) in [4.78, 5) is 13.1. The number of aromatic nitrogens is 3. The third-order valence-electron chi connectivity index (χ3n) is 3.52. The summed E-state index contributed by atoms with van der Waals surface area (Å²) in [6.07, 6.45) is 3.87. The minimum absolute atomic E-state index is 0.00282. The Labute approximate surface area is 114 Å². The van der Waals surface area contributed by atoms with E-state index in [1.165, 1.54) is 19.0 Å². The van der Waals surface area contributed by atoms with E-state index < -0.39 is 5.97 Å². The van der Waals surface area contributed by atoms with Crippen LogP contribution >= 0.6 is 0 Å². The summed E-state index contributed by atoms with van der Waals surface area (Å²) in [7, 11) is 0. The van der Waals surface area contributed by atoms with E-state index in [1.807, 2.05) is 0 Å². The van der Waals surface area contributed by atoms with E-state index in [9.17, 15) is 4.79 Å². The molecule has 1 aromatic rings. The molecule has 6 heteroatoms. The number of aromatic carboxylic acids is 1. The van der Waals surface area contributed by atoms with Crippen LogP contribution in [0, 0.1) is 5.92 Å². The largest absolute Gasteiger partial charge is 0.476 e. The van der Waals surface area contributed by atoms with Gasteiger partial charge in [0.15, 0.2) is 5.69 Å². The highest BCUT2D eigenvalue weighted by Gasteiger charge is 2.11. The second-order valence-electron chi connectivity index (χ2n) is 4.75. The van der Waals surface area contributed by atoms with Crippen molar-refractivity contribution in [2.24, 2.45) is 5.92 Å². The van der Waals surface area contributed by atoms with Gasteiger partial charge in [0.05, 0.1) is 12.7 Å². The fourth-order valence-corrected chi connectivity index (χ4v) is 2.04. The first-order valence-corrected chi connectivity index (χ1v) is 6.96. The van der Waals surface area contributed by atoms with Gasteiger partial charge in [-0.1, -0.05) is 38.8 Å². The molecule has 6 nitrogen and oxygen atoms in total. The van der Waals surface area contributed by atoms with Crippen molar-refractivity contribution in [3.8, 4) is 0 Å². The Bertz CT molecular complexity index is 388. The summed E-state index contributed by atoms with van der Waals surface area (Å²) < 4.78 is 1.60. The van der Waals surface area contributed by atoms with Gasteiger partial charge in [0.1, 0.15) is 0 Å². The number of hydrogen-bond acceptors (Lipinski definition) is 4. The van der Waals surface area contributed by atoms with E-state index in [2.05, 4.69) is 36.0 Å². The molecule has 0 radical (unpaired) electrons. The van der Waals surface area contributed by atoms with Crippen LogP contribution in [0.2, 0.25) is 0 Å². The van der Waals surface area contributed by atoms with Gasteiger partial charge >= 0.3 is 5.97 Å². The molecule has 0 fully saturated rings. The number of likely N-dealkylation sites (N-methyl/N-ethyl adjacent to an activating group) is 1. The summed E-state index contributed by atoms with van der Waals surface area (Å²) in [5.41, 5.74) is 0.00282. The topological polar surface area (TPSA) is 71.2 Å². The monoisotopic (exact) mass is 268 g/mol. The predicted molar refractivity (Wildman–Crippen MR) is 73.2 cm³/mol. The SMILES string of the molecule is CCC(CC)CN(CC)CCn1cc(C(=O)O)nn1. The minimum Gasteiger partial charge on any atom is -0.476 e. The fourth-order valence-electron chi connectivity index (χ4n) is 2.04. The number of carbonyl (C=O) groups is 1. The van der Waals surface area contributed by atoms with Crippen LogP contribution in [-0.4, -0.2) is 50.6 Å². The molecule has 19 heavy (non-hydrogen) atoms. The van der Waals surface area contributed by atoms with Crippen LogP contribution in [0.1, 0.15) is 44.1 Å². The third kappa shape index (κ3) is 4.98. The van der Waals surface area contributed by atoms with Gasteiger partial charge in [-0.2, -0.15) is 0 Å². The third-order valence-corrected chi connectivity index (χ3v) is 3.52. The number of nitrogens with zero attached hydrogens (tertiary/aromatic N) is 4. The molecule has 1 aromatic heterocycles. The van der Waals surface area contributed by atoms with E-state index in [4.69, 9.17) is 5.11 Å². The van der Waals surface area contributed by atoms with Gasteiger partial charge in [-0.15, -0.1) is 5.10 Å². The lowest BCUT2D eigenvalue weighted by Crippen LogP contribution is -2.32. The highest BCUT2D eigenvalue weighted by Crippen LogP contribution is 2.09. The second kappa shape index (κ2) is 7.89. The van der Waals surface area contributed by atoms with E-state index in [0.29, 0.717) is 6.54 Å². The van der Waals surface area contributed by atoms with E-state index in [-0.39, 0.29) is 5.69 Å². The zero-order valence-electron chi connectivity index (χ0n) is 12.0. The standard InChI is InChI=1S/C13H24N4O2/c1-4-11(5-2)9-16(6-3)7-8-17-10-12(13(18)19)14-15-17/h10-11H,4-9H2,1-3H3,(H,18,19). The molecule has 108 valence electrons. The van der Waals surface area contributed by atoms with Gasteiger partial charge in [-0.25, -0.2) is 4.79 Å². The molecule has 0 bridgehead atoms.